The number of fused-ring (bicyclic) bond motifs is 1. The highest BCUT2D eigenvalue weighted by atomic mass is 35.5. The van der Waals surface area contributed by atoms with Gasteiger partial charge in [-0.3, -0.25) is 19.1 Å². The minimum absolute atomic E-state index is 0.0329. The zero-order valence-electron chi connectivity index (χ0n) is 23.2. The summed E-state index contributed by atoms with van der Waals surface area (Å²) in [4.78, 5) is 55.3. The van der Waals surface area contributed by atoms with Gasteiger partial charge in [0.05, 0.1) is 17.1 Å². The quantitative estimate of drug-likeness (QED) is 0.315. The first kappa shape index (κ1) is 29.9. The summed E-state index contributed by atoms with van der Waals surface area (Å²) in [6.45, 7) is 0.806. The fourth-order valence-electron chi connectivity index (χ4n) is 4.28. The first-order valence-corrected chi connectivity index (χ1v) is 13.6. The Labute approximate surface area is 242 Å². The summed E-state index contributed by atoms with van der Waals surface area (Å²) in [5.41, 5.74) is 1.40. The molecular weight excluding hydrogens is 553 g/mol. The Hall–Kier alpha value is -4.03. The third-order valence-corrected chi connectivity index (χ3v) is 7.08. The van der Waals surface area contributed by atoms with Gasteiger partial charge in [-0.25, -0.2) is 9.18 Å². The lowest BCUT2D eigenvalue weighted by molar-refractivity contribution is -0.137. The molecule has 1 fully saturated rings. The molecule has 218 valence electrons. The van der Waals surface area contributed by atoms with Crippen molar-refractivity contribution in [1.82, 2.24) is 29.8 Å². The van der Waals surface area contributed by atoms with Gasteiger partial charge in [0.1, 0.15) is 18.1 Å². The van der Waals surface area contributed by atoms with Gasteiger partial charge < -0.3 is 25.3 Å². The molecule has 41 heavy (non-hydrogen) atoms. The molecule has 13 heteroatoms. The number of benzene rings is 2. The van der Waals surface area contributed by atoms with Crippen LogP contribution in [0.3, 0.4) is 0 Å². The van der Waals surface area contributed by atoms with E-state index in [9.17, 15) is 23.6 Å². The summed E-state index contributed by atoms with van der Waals surface area (Å²) in [6.07, 6.45) is 2.14. The number of carbonyl (C=O) groups excluding carboxylic acids is 4. The summed E-state index contributed by atoms with van der Waals surface area (Å²) >= 11 is 5.81. The van der Waals surface area contributed by atoms with Crippen molar-refractivity contribution in [3.63, 3.8) is 0 Å². The number of amides is 4. The van der Waals surface area contributed by atoms with Crippen molar-refractivity contribution in [2.24, 2.45) is 0 Å². The van der Waals surface area contributed by atoms with E-state index in [0.717, 1.165) is 12.8 Å². The first-order chi connectivity index (χ1) is 19.6. The molecule has 3 aromatic rings. The average molecular weight is 586 g/mol. The van der Waals surface area contributed by atoms with Crippen molar-refractivity contribution >= 4 is 52.3 Å². The minimum atomic E-state index is -0.597. The molecule has 1 heterocycles. The summed E-state index contributed by atoms with van der Waals surface area (Å²) < 4.78 is 15.6. The minimum Gasteiger partial charge on any atom is -0.350 e. The second kappa shape index (κ2) is 13.1. The standard InChI is InChI=1S/C28H33ClFN7O4/c1-34(2)11-12-35(3)28(41)32-19-7-10-24-21(13-19)23(17-38)33-37(24)16-26(40)36(20-8-9-20)15-25(39)31-14-18-5-4-6-22(29)27(18)30/h4-7,10,13,17,20H,8-9,11-12,14-16H2,1-3H3,(H,31,39)(H,32,41). The number of aldehydes is 1. The van der Waals surface area contributed by atoms with Crippen LogP contribution in [0.25, 0.3) is 10.9 Å². The van der Waals surface area contributed by atoms with E-state index in [-0.39, 0.29) is 53.9 Å². The molecule has 1 aliphatic rings. The number of halogens is 2. The van der Waals surface area contributed by atoms with Crippen molar-refractivity contribution in [3.05, 3.63) is 58.5 Å². The summed E-state index contributed by atoms with van der Waals surface area (Å²) in [5, 5.41) is 10.2. The molecule has 1 aromatic heterocycles. The van der Waals surface area contributed by atoms with Gasteiger partial charge in [0.15, 0.2) is 6.29 Å². The molecule has 4 rings (SSSR count). The van der Waals surface area contributed by atoms with E-state index < -0.39 is 11.7 Å². The topological polar surface area (TPSA) is 120 Å². The van der Waals surface area contributed by atoms with Crippen LogP contribution in [0.4, 0.5) is 14.9 Å². The molecule has 1 aliphatic carbocycles. The van der Waals surface area contributed by atoms with Crippen LogP contribution in [0.1, 0.15) is 28.9 Å². The third-order valence-electron chi connectivity index (χ3n) is 6.79. The van der Waals surface area contributed by atoms with E-state index in [0.29, 0.717) is 36.0 Å². The van der Waals surface area contributed by atoms with Gasteiger partial charge in [-0.1, -0.05) is 23.7 Å². The largest absolute Gasteiger partial charge is 0.350 e. The van der Waals surface area contributed by atoms with Crippen molar-refractivity contribution in [2.75, 3.05) is 46.1 Å². The second-order valence-corrected chi connectivity index (χ2v) is 10.7. The molecular formula is C28H33ClFN7O4. The smallest absolute Gasteiger partial charge is 0.321 e. The van der Waals surface area contributed by atoms with Gasteiger partial charge in [-0.15, -0.1) is 0 Å². The lowest BCUT2D eigenvalue weighted by atomic mass is 10.2. The van der Waals surface area contributed by atoms with E-state index in [1.807, 2.05) is 19.0 Å². The summed E-state index contributed by atoms with van der Waals surface area (Å²) in [7, 11) is 5.54. The number of hydrogen-bond acceptors (Lipinski definition) is 6. The number of nitrogens with zero attached hydrogens (tertiary/aromatic N) is 5. The van der Waals surface area contributed by atoms with Crippen molar-refractivity contribution in [2.45, 2.75) is 32.0 Å². The van der Waals surface area contributed by atoms with Gasteiger partial charge in [-0.05, 0) is 51.2 Å². The zero-order chi connectivity index (χ0) is 29.7. The highest BCUT2D eigenvalue weighted by Gasteiger charge is 2.34. The summed E-state index contributed by atoms with van der Waals surface area (Å²) in [5.74, 6) is -1.36. The summed E-state index contributed by atoms with van der Waals surface area (Å²) in [6, 6.07) is 9.19. The van der Waals surface area contributed by atoms with E-state index in [2.05, 4.69) is 15.7 Å². The molecule has 0 unspecified atom stereocenters. The SMILES string of the molecule is CN(C)CCN(C)C(=O)Nc1ccc2c(c1)c(C=O)nn2CC(=O)N(CC(=O)NCc1cccc(Cl)c1F)C1CC1. The van der Waals surface area contributed by atoms with Crippen LogP contribution in [0, 0.1) is 5.82 Å². The number of anilines is 1. The number of hydrogen-bond donors (Lipinski definition) is 2. The Bertz CT molecular complexity index is 1460. The highest BCUT2D eigenvalue weighted by molar-refractivity contribution is 6.30. The molecule has 0 aliphatic heterocycles. The number of likely N-dealkylation sites (N-methyl/N-ethyl adjacent to an activating group) is 2. The number of nitrogens with one attached hydrogen (secondary N) is 2. The van der Waals surface area contributed by atoms with Gasteiger partial charge in [0, 0.05) is 49.4 Å². The molecule has 2 aromatic carbocycles. The maximum absolute atomic E-state index is 14.2. The Morgan fingerprint density at radius 1 is 1.15 bits per heavy atom. The number of carbonyl (C=O) groups is 4. The molecule has 0 bridgehead atoms. The fraction of sp³-hybridized carbons (Fsp3) is 0.393. The van der Waals surface area contributed by atoms with Gasteiger partial charge >= 0.3 is 6.03 Å². The Morgan fingerprint density at radius 2 is 1.90 bits per heavy atom. The van der Waals surface area contributed by atoms with E-state index >= 15 is 0 Å². The molecule has 0 atom stereocenters. The van der Waals surface area contributed by atoms with Crippen LogP contribution in [-0.2, 0) is 22.7 Å². The van der Waals surface area contributed by atoms with Gasteiger partial charge in [-0.2, -0.15) is 5.10 Å². The lowest BCUT2D eigenvalue weighted by Crippen LogP contribution is -2.43. The van der Waals surface area contributed by atoms with Crippen LogP contribution in [-0.4, -0.2) is 95.4 Å². The monoisotopic (exact) mass is 585 g/mol. The first-order valence-electron chi connectivity index (χ1n) is 13.2. The predicted octanol–water partition coefficient (Wildman–Crippen LogP) is 2.97. The maximum Gasteiger partial charge on any atom is 0.321 e. The Balaban J connectivity index is 1.43. The normalized spacial score (nSPS) is 12.8. The molecule has 11 nitrogen and oxygen atoms in total. The van der Waals surface area contributed by atoms with Crippen LogP contribution < -0.4 is 10.6 Å². The van der Waals surface area contributed by atoms with Gasteiger partial charge in [0.25, 0.3) is 0 Å². The molecule has 0 spiro atoms. The van der Waals surface area contributed by atoms with Crippen molar-refractivity contribution < 1.29 is 23.6 Å². The molecule has 0 saturated heterocycles. The zero-order valence-corrected chi connectivity index (χ0v) is 23.9. The molecule has 4 amide bonds. The van der Waals surface area contributed by atoms with Gasteiger partial charge in [0.2, 0.25) is 11.8 Å². The van der Waals surface area contributed by atoms with E-state index in [1.165, 1.54) is 21.7 Å². The fourth-order valence-corrected chi connectivity index (χ4v) is 4.47. The molecule has 1 saturated carbocycles. The highest BCUT2D eigenvalue weighted by Crippen LogP contribution is 2.28. The number of aromatic nitrogens is 2. The third kappa shape index (κ3) is 7.59. The second-order valence-electron chi connectivity index (χ2n) is 10.3. The van der Waals surface area contributed by atoms with Crippen LogP contribution in [0.5, 0.6) is 0 Å². The van der Waals surface area contributed by atoms with Crippen LogP contribution >= 0.6 is 11.6 Å². The predicted molar refractivity (Wildman–Crippen MR) is 153 cm³/mol. The number of rotatable bonds is 12. The molecule has 0 radical (unpaired) electrons. The maximum atomic E-state index is 14.2. The van der Waals surface area contributed by atoms with Crippen LogP contribution in [0.2, 0.25) is 5.02 Å². The van der Waals surface area contributed by atoms with Crippen molar-refractivity contribution in [1.29, 1.82) is 0 Å². The van der Waals surface area contributed by atoms with E-state index in [4.69, 9.17) is 11.6 Å². The Kier molecular flexibility index (Phi) is 9.56. The lowest BCUT2D eigenvalue weighted by Gasteiger charge is -2.22. The Morgan fingerprint density at radius 3 is 2.59 bits per heavy atom. The average Bonchev–Trinajstić information content (AvgIpc) is 3.73. The van der Waals surface area contributed by atoms with E-state index in [1.54, 1.807) is 36.2 Å². The van der Waals surface area contributed by atoms with Crippen molar-refractivity contribution in [3.8, 4) is 0 Å². The number of urea groups is 1. The molecule has 2 N–H and O–H groups in total. The van der Waals surface area contributed by atoms with Crippen LogP contribution in [0.15, 0.2) is 36.4 Å².